The van der Waals surface area contributed by atoms with Crippen LogP contribution in [0.4, 0.5) is 0 Å². The number of hydrogen-bond acceptors (Lipinski definition) is 3. The van der Waals surface area contributed by atoms with Crippen molar-refractivity contribution in [3.8, 4) is 0 Å². The molecule has 0 spiro atoms. The first-order valence-corrected chi connectivity index (χ1v) is 8.76. The Morgan fingerprint density at radius 3 is 2.92 bits per heavy atom. The topological polar surface area (TPSA) is 56.1 Å². The molecule has 1 aromatic carbocycles. The molecule has 1 amide bonds. The predicted octanol–water partition coefficient (Wildman–Crippen LogP) is 2.46. The summed E-state index contributed by atoms with van der Waals surface area (Å²) in [6, 6.07) is 10.3. The monoisotopic (exact) mass is 325 g/mol. The third-order valence-electron chi connectivity index (χ3n) is 4.71. The number of amides is 1. The van der Waals surface area contributed by atoms with Crippen LogP contribution in [0.5, 0.6) is 0 Å². The van der Waals surface area contributed by atoms with Gasteiger partial charge in [-0.2, -0.15) is 5.10 Å². The average Bonchev–Trinajstić information content (AvgIpc) is 3.30. The fourth-order valence-corrected chi connectivity index (χ4v) is 3.20. The van der Waals surface area contributed by atoms with Gasteiger partial charge in [-0.15, -0.1) is 0 Å². The molecular formula is C19H23N3O2. The second-order valence-electron chi connectivity index (χ2n) is 6.78. The number of benzene rings is 1. The maximum absolute atomic E-state index is 11.9. The number of carbonyl (C=O) groups is 1. The van der Waals surface area contributed by atoms with Crippen molar-refractivity contribution in [3.63, 3.8) is 0 Å². The van der Waals surface area contributed by atoms with Crippen LogP contribution in [0.15, 0.2) is 36.5 Å². The number of fused-ring (bicyclic) bond motifs is 1. The quantitative estimate of drug-likeness (QED) is 0.887. The molecular weight excluding hydrogens is 302 g/mol. The minimum absolute atomic E-state index is 0.131. The zero-order valence-corrected chi connectivity index (χ0v) is 13.8. The minimum Gasteiger partial charge on any atom is -0.370 e. The number of nitrogens with zero attached hydrogens (tertiary/aromatic N) is 2. The number of ether oxygens (including phenoxy) is 1. The third-order valence-corrected chi connectivity index (χ3v) is 4.71. The zero-order valence-electron chi connectivity index (χ0n) is 13.8. The van der Waals surface area contributed by atoms with Gasteiger partial charge >= 0.3 is 0 Å². The van der Waals surface area contributed by atoms with Crippen LogP contribution in [0.25, 0.3) is 0 Å². The molecule has 2 heterocycles. The molecule has 2 aromatic rings. The van der Waals surface area contributed by atoms with E-state index in [4.69, 9.17) is 9.84 Å². The van der Waals surface area contributed by atoms with Gasteiger partial charge < -0.3 is 10.1 Å². The van der Waals surface area contributed by atoms with Gasteiger partial charge in [0.1, 0.15) is 6.10 Å². The molecule has 1 fully saturated rings. The Morgan fingerprint density at radius 2 is 2.12 bits per heavy atom. The molecule has 0 bridgehead atoms. The van der Waals surface area contributed by atoms with E-state index in [0.717, 1.165) is 18.7 Å². The van der Waals surface area contributed by atoms with Gasteiger partial charge in [-0.05, 0) is 36.3 Å². The molecule has 2 aliphatic rings. The molecule has 4 rings (SSSR count). The van der Waals surface area contributed by atoms with Crippen LogP contribution in [-0.4, -0.2) is 28.8 Å². The SMILES string of the molecule is O=C(CC1CC1)NCC1OCCc2cn(Cc3ccccc3)nc21. The van der Waals surface area contributed by atoms with Crippen molar-refractivity contribution < 1.29 is 9.53 Å². The summed E-state index contributed by atoms with van der Waals surface area (Å²) in [6.45, 7) is 1.96. The van der Waals surface area contributed by atoms with Crippen LogP contribution in [-0.2, 0) is 22.5 Å². The average molecular weight is 325 g/mol. The van der Waals surface area contributed by atoms with Crippen molar-refractivity contribution in [2.24, 2.45) is 5.92 Å². The van der Waals surface area contributed by atoms with Gasteiger partial charge in [-0.3, -0.25) is 9.48 Å². The van der Waals surface area contributed by atoms with E-state index in [1.165, 1.54) is 24.0 Å². The van der Waals surface area contributed by atoms with Crippen molar-refractivity contribution in [1.82, 2.24) is 15.1 Å². The summed E-state index contributed by atoms with van der Waals surface area (Å²) in [6.07, 6.45) is 5.92. The molecule has 1 saturated carbocycles. The third kappa shape index (κ3) is 3.67. The number of carbonyl (C=O) groups excluding carboxylic acids is 1. The molecule has 1 atom stereocenters. The maximum atomic E-state index is 11.9. The van der Waals surface area contributed by atoms with Crippen molar-refractivity contribution >= 4 is 5.91 Å². The normalized spacial score (nSPS) is 19.8. The molecule has 1 N–H and O–H groups in total. The van der Waals surface area contributed by atoms with E-state index in [1.807, 2.05) is 22.9 Å². The molecule has 24 heavy (non-hydrogen) atoms. The highest BCUT2D eigenvalue weighted by Gasteiger charge is 2.27. The fraction of sp³-hybridized carbons (Fsp3) is 0.474. The fourth-order valence-electron chi connectivity index (χ4n) is 3.20. The van der Waals surface area contributed by atoms with Crippen molar-refractivity contribution in [1.29, 1.82) is 0 Å². The Hall–Kier alpha value is -2.14. The molecule has 1 aromatic heterocycles. The van der Waals surface area contributed by atoms with Gasteiger partial charge in [0.2, 0.25) is 5.91 Å². The van der Waals surface area contributed by atoms with E-state index in [1.54, 1.807) is 0 Å². The largest absolute Gasteiger partial charge is 0.370 e. The Labute approximate surface area is 142 Å². The van der Waals surface area contributed by atoms with E-state index >= 15 is 0 Å². The Kier molecular flexibility index (Phi) is 4.34. The lowest BCUT2D eigenvalue weighted by molar-refractivity contribution is -0.122. The van der Waals surface area contributed by atoms with Gasteiger partial charge in [-0.1, -0.05) is 30.3 Å². The summed E-state index contributed by atoms with van der Waals surface area (Å²) in [5, 5.41) is 7.73. The highest BCUT2D eigenvalue weighted by Crippen LogP contribution is 2.32. The van der Waals surface area contributed by atoms with Gasteiger partial charge in [0.15, 0.2) is 0 Å². The molecule has 1 unspecified atom stereocenters. The Morgan fingerprint density at radius 1 is 1.29 bits per heavy atom. The minimum atomic E-state index is -0.131. The summed E-state index contributed by atoms with van der Waals surface area (Å²) < 4.78 is 7.83. The number of hydrogen-bond donors (Lipinski definition) is 1. The molecule has 1 aliphatic heterocycles. The van der Waals surface area contributed by atoms with Crippen LogP contribution >= 0.6 is 0 Å². The van der Waals surface area contributed by atoms with Crippen LogP contribution in [0.1, 0.15) is 42.2 Å². The standard InChI is InChI=1S/C19H23N3O2/c23-18(10-14-6-7-14)20-11-17-19-16(8-9-24-17)13-22(21-19)12-15-4-2-1-3-5-15/h1-5,13-14,17H,6-12H2,(H,20,23). The molecule has 1 aliphatic carbocycles. The summed E-state index contributed by atoms with van der Waals surface area (Å²) >= 11 is 0. The second kappa shape index (κ2) is 6.77. The highest BCUT2D eigenvalue weighted by molar-refractivity contribution is 5.76. The van der Waals surface area contributed by atoms with E-state index in [9.17, 15) is 4.79 Å². The molecule has 5 nitrogen and oxygen atoms in total. The predicted molar refractivity (Wildman–Crippen MR) is 90.5 cm³/mol. The maximum Gasteiger partial charge on any atom is 0.220 e. The van der Waals surface area contributed by atoms with Crippen LogP contribution in [0, 0.1) is 5.92 Å². The number of rotatable bonds is 6. The smallest absolute Gasteiger partial charge is 0.220 e. The number of aromatic nitrogens is 2. The number of nitrogens with one attached hydrogen (secondary N) is 1. The Bertz CT molecular complexity index is 707. The lowest BCUT2D eigenvalue weighted by Crippen LogP contribution is -2.32. The van der Waals surface area contributed by atoms with Crippen molar-refractivity contribution in [2.45, 2.75) is 38.3 Å². The Balaban J connectivity index is 1.41. The second-order valence-corrected chi connectivity index (χ2v) is 6.78. The first-order valence-electron chi connectivity index (χ1n) is 8.76. The van der Waals surface area contributed by atoms with Crippen molar-refractivity contribution in [3.05, 3.63) is 53.3 Å². The van der Waals surface area contributed by atoms with E-state index < -0.39 is 0 Å². The van der Waals surface area contributed by atoms with Gasteiger partial charge in [0.05, 0.1) is 18.8 Å². The molecule has 0 saturated heterocycles. The molecule has 0 radical (unpaired) electrons. The zero-order chi connectivity index (χ0) is 16.4. The molecule has 5 heteroatoms. The van der Waals surface area contributed by atoms with E-state index in [-0.39, 0.29) is 12.0 Å². The van der Waals surface area contributed by atoms with E-state index in [2.05, 4.69) is 23.6 Å². The van der Waals surface area contributed by atoms with E-state index in [0.29, 0.717) is 25.5 Å². The van der Waals surface area contributed by atoms with Crippen LogP contribution in [0.3, 0.4) is 0 Å². The lowest BCUT2D eigenvalue weighted by Gasteiger charge is -2.22. The first-order chi connectivity index (χ1) is 11.8. The van der Waals surface area contributed by atoms with Gasteiger partial charge in [0, 0.05) is 19.2 Å². The highest BCUT2D eigenvalue weighted by atomic mass is 16.5. The van der Waals surface area contributed by atoms with Crippen molar-refractivity contribution in [2.75, 3.05) is 13.2 Å². The van der Waals surface area contributed by atoms with Crippen LogP contribution < -0.4 is 5.32 Å². The van der Waals surface area contributed by atoms with Crippen LogP contribution in [0.2, 0.25) is 0 Å². The lowest BCUT2D eigenvalue weighted by atomic mass is 10.1. The van der Waals surface area contributed by atoms with Gasteiger partial charge in [-0.25, -0.2) is 0 Å². The summed E-state index contributed by atoms with van der Waals surface area (Å²) in [7, 11) is 0. The summed E-state index contributed by atoms with van der Waals surface area (Å²) in [4.78, 5) is 11.9. The first kappa shape index (κ1) is 15.4. The summed E-state index contributed by atoms with van der Waals surface area (Å²) in [5.41, 5.74) is 3.44. The summed E-state index contributed by atoms with van der Waals surface area (Å²) in [5.74, 6) is 0.745. The van der Waals surface area contributed by atoms with Gasteiger partial charge in [0.25, 0.3) is 0 Å². The molecule has 126 valence electrons.